The summed E-state index contributed by atoms with van der Waals surface area (Å²) < 4.78 is 10.2. The molecule has 0 aliphatic carbocycles. The lowest BCUT2D eigenvalue weighted by molar-refractivity contribution is -0.245. The first-order valence-electron chi connectivity index (χ1n) is 7.97. The number of Topliss-reactive ketones (excluding diaryl/α,β-unsaturated/α-hetero) is 1. The molecule has 0 amide bonds. The van der Waals surface area contributed by atoms with Crippen LogP contribution in [0.15, 0.2) is 33.5 Å². The van der Waals surface area contributed by atoms with E-state index >= 15 is 0 Å². The lowest BCUT2D eigenvalue weighted by atomic mass is 9.97. The number of benzene rings is 1. The molecule has 1 aromatic carbocycles. The molecule has 140 valence electrons. The van der Waals surface area contributed by atoms with Crippen molar-refractivity contribution in [1.29, 1.82) is 0 Å². The Kier molecular flexibility index (Phi) is 5.08. The second-order valence-electron chi connectivity index (χ2n) is 6.16. The Bertz CT molecular complexity index is 879. The Morgan fingerprint density at radius 2 is 1.92 bits per heavy atom. The van der Waals surface area contributed by atoms with Gasteiger partial charge in [0.25, 0.3) is 0 Å². The number of aliphatic hydroxyl groups excluding tert-OH is 4. The van der Waals surface area contributed by atoms with E-state index in [4.69, 9.17) is 14.3 Å². The number of anilines is 1. The van der Waals surface area contributed by atoms with E-state index in [9.17, 15) is 24.9 Å². The van der Waals surface area contributed by atoms with Gasteiger partial charge in [-0.25, -0.2) is 4.79 Å². The molecule has 3 unspecified atom stereocenters. The highest BCUT2D eigenvalue weighted by atomic mass is 16.6. The van der Waals surface area contributed by atoms with Crippen molar-refractivity contribution in [3.63, 3.8) is 0 Å². The van der Waals surface area contributed by atoms with Crippen LogP contribution in [0.5, 0.6) is 0 Å². The Hall–Kier alpha value is -2.30. The first kappa shape index (κ1) is 18.5. The van der Waals surface area contributed by atoms with Crippen molar-refractivity contribution in [2.75, 3.05) is 11.9 Å². The summed E-state index contributed by atoms with van der Waals surface area (Å²) in [5, 5.41) is 42.5. The summed E-state index contributed by atoms with van der Waals surface area (Å²) in [5.41, 5.74) is -0.218. The number of ketones is 1. The molecule has 26 heavy (non-hydrogen) atoms. The molecule has 1 aliphatic rings. The van der Waals surface area contributed by atoms with Crippen molar-refractivity contribution in [1.82, 2.24) is 0 Å². The van der Waals surface area contributed by atoms with E-state index in [1.165, 1.54) is 19.1 Å². The van der Waals surface area contributed by atoms with Gasteiger partial charge >= 0.3 is 5.63 Å². The highest BCUT2D eigenvalue weighted by Crippen LogP contribution is 2.25. The van der Waals surface area contributed by atoms with Crippen LogP contribution in [0.3, 0.4) is 0 Å². The molecule has 5 atom stereocenters. The number of fused-ring (bicyclic) bond motifs is 1. The molecule has 1 aliphatic heterocycles. The Morgan fingerprint density at radius 3 is 2.58 bits per heavy atom. The molecule has 1 saturated heterocycles. The van der Waals surface area contributed by atoms with Crippen LogP contribution < -0.4 is 10.9 Å². The monoisotopic (exact) mass is 365 g/mol. The number of carbonyl (C=O) groups excluding carboxylic acids is 1. The summed E-state index contributed by atoms with van der Waals surface area (Å²) in [4.78, 5) is 23.2. The topological polar surface area (TPSA) is 149 Å². The van der Waals surface area contributed by atoms with E-state index in [0.29, 0.717) is 11.1 Å². The predicted octanol–water partition coefficient (Wildman–Crippen LogP) is -0.793. The number of nitrogens with one attached hydrogen (secondary N) is 1. The summed E-state index contributed by atoms with van der Waals surface area (Å²) in [7, 11) is 0. The van der Waals surface area contributed by atoms with Crippen LogP contribution in [0.2, 0.25) is 0 Å². The molecule has 0 bridgehead atoms. The van der Waals surface area contributed by atoms with E-state index in [1.807, 2.05) is 0 Å². The molecule has 1 fully saturated rings. The van der Waals surface area contributed by atoms with Gasteiger partial charge in [0.2, 0.25) is 0 Å². The molecular weight excluding hydrogens is 346 g/mol. The van der Waals surface area contributed by atoms with Crippen LogP contribution in [0, 0.1) is 0 Å². The standard InChI is InChI=1S/C17H19NO8/c1-7(20)10-4-8-2-3-9(5-11(8)25-16(10)23)18-13-15(22)14(21)12(6-19)26-17(13)24/h2-5,12-15,17-19,21-22,24H,6H2,1H3/t12?,13?,14-,15-,17?/m1/s1. The molecule has 9 heteroatoms. The van der Waals surface area contributed by atoms with Gasteiger partial charge in [-0.1, -0.05) is 0 Å². The average molecular weight is 365 g/mol. The van der Waals surface area contributed by atoms with Gasteiger partial charge in [0.1, 0.15) is 35.5 Å². The Morgan fingerprint density at radius 1 is 1.19 bits per heavy atom. The van der Waals surface area contributed by atoms with Gasteiger partial charge in [-0.05, 0) is 25.1 Å². The van der Waals surface area contributed by atoms with Crippen molar-refractivity contribution in [2.24, 2.45) is 0 Å². The van der Waals surface area contributed by atoms with E-state index in [2.05, 4.69) is 5.32 Å². The van der Waals surface area contributed by atoms with Gasteiger partial charge in [0, 0.05) is 17.1 Å². The lowest BCUT2D eigenvalue weighted by Gasteiger charge is -2.40. The second kappa shape index (κ2) is 7.14. The fourth-order valence-corrected chi connectivity index (χ4v) is 2.89. The van der Waals surface area contributed by atoms with Gasteiger partial charge in [-0.15, -0.1) is 0 Å². The molecule has 5 N–H and O–H groups in total. The van der Waals surface area contributed by atoms with E-state index in [0.717, 1.165) is 0 Å². The van der Waals surface area contributed by atoms with Gasteiger partial charge in [-0.3, -0.25) is 4.79 Å². The zero-order chi connectivity index (χ0) is 19.0. The molecule has 9 nitrogen and oxygen atoms in total. The molecule has 0 radical (unpaired) electrons. The molecular formula is C17H19NO8. The predicted molar refractivity (Wildman–Crippen MR) is 89.9 cm³/mol. The Balaban J connectivity index is 1.88. The average Bonchev–Trinajstić information content (AvgIpc) is 2.60. The molecule has 2 heterocycles. The Labute approximate surface area is 147 Å². The van der Waals surface area contributed by atoms with Crippen LogP contribution in [0.1, 0.15) is 17.3 Å². The minimum atomic E-state index is -1.48. The number of aliphatic hydroxyl groups is 4. The van der Waals surface area contributed by atoms with Crippen LogP contribution >= 0.6 is 0 Å². The number of carbonyl (C=O) groups is 1. The first-order valence-corrected chi connectivity index (χ1v) is 7.97. The molecule has 3 rings (SSSR count). The van der Waals surface area contributed by atoms with Gasteiger partial charge in [-0.2, -0.15) is 0 Å². The molecule has 1 aromatic heterocycles. The number of ether oxygens (including phenoxy) is 1. The smallest absolute Gasteiger partial charge is 0.347 e. The minimum Gasteiger partial charge on any atom is -0.422 e. The largest absolute Gasteiger partial charge is 0.422 e. The van der Waals surface area contributed by atoms with Crippen molar-refractivity contribution in [3.8, 4) is 0 Å². The summed E-state index contributed by atoms with van der Waals surface area (Å²) in [6.07, 6.45) is -5.37. The summed E-state index contributed by atoms with van der Waals surface area (Å²) >= 11 is 0. The minimum absolute atomic E-state index is 0.0529. The van der Waals surface area contributed by atoms with Gasteiger partial charge in [0.15, 0.2) is 12.1 Å². The van der Waals surface area contributed by atoms with E-state index in [1.54, 1.807) is 12.1 Å². The van der Waals surface area contributed by atoms with Crippen LogP contribution in [-0.4, -0.2) is 63.5 Å². The highest BCUT2D eigenvalue weighted by Gasteiger charge is 2.43. The van der Waals surface area contributed by atoms with Crippen LogP contribution in [0.4, 0.5) is 5.69 Å². The van der Waals surface area contributed by atoms with Gasteiger partial charge in [0.05, 0.1) is 6.61 Å². The summed E-state index contributed by atoms with van der Waals surface area (Å²) in [6, 6.07) is 5.01. The SMILES string of the molecule is CC(=O)c1cc2ccc(NC3C(O)OC(CO)[C@@H](O)[C@@H]3O)cc2oc1=O. The third kappa shape index (κ3) is 3.35. The van der Waals surface area contributed by atoms with Crippen molar-refractivity contribution < 1.29 is 34.4 Å². The lowest BCUT2D eigenvalue weighted by Crippen LogP contribution is -2.61. The molecule has 2 aromatic rings. The zero-order valence-corrected chi connectivity index (χ0v) is 13.8. The summed E-state index contributed by atoms with van der Waals surface area (Å²) in [6.45, 7) is 0.715. The third-order valence-corrected chi connectivity index (χ3v) is 4.35. The van der Waals surface area contributed by atoms with Crippen LogP contribution in [0.25, 0.3) is 11.0 Å². The fourth-order valence-electron chi connectivity index (χ4n) is 2.89. The van der Waals surface area contributed by atoms with Gasteiger partial charge < -0.3 is 34.9 Å². The van der Waals surface area contributed by atoms with Crippen molar-refractivity contribution >= 4 is 22.4 Å². The quantitative estimate of drug-likeness (QED) is 0.347. The first-order chi connectivity index (χ1) is 12.3. The van der Waals surface area contributed by atoms with Crippen LogP contribution in [-0.2, 0) is 4.74 Å². The van der Waals surface area contributed by atoms with E-state index < -0.39 is 48.7 Å². The molecule has 0 saturated carbocycles. The third-order valence-electron chi connectivity index (χ3n) is 4.35. The normalized spacial score (nSPS) is 28.9. The number of rotatable bonds is 4. The number of hydrogen-bond donors (Lipinski definition) is 5. The highest BCUT2D eigenvalue weighted by molar-refractivity contribution is 5.96. The summed E-state index contributed by atoms with van der Waals surface area (Å²) in [5.74, 6) is -0.402. The van der Waals surface area contributed by atoms with E-state index in [-0.39, 0.29) is 11.1 Å². The maximum Gasteiger partial charge on any atom is 0.347 e. The number of hydrogen-bond acceptors (Lipinski definition) is 9. The zero-order valence-electron chi connectivity index (χ0n) is 13.8. The molecule has 0 spiro atoms. The maximum absolute atomic E-state index is 11.8. The fraction of sp³-hybridized carbons (Fsp3) is 0.412. The van der Waals surface area contributed by atoms with Crippen molar-refractivity contribution in [3.05, 3.63) is 40.2 Å². The second-order valence-corrected chi connectivity index (χ2v) is 6.16. The maximum atomic E-state index is 11.8. The van der Waals surface area contributed by atoms with Crippen molar-refractivity contribution in [2.45, 2.75) is 37.6 Å².